The molecule has 3 rings (SSSR count). The zero-order valence-electron chi connectivity index (χ0n) is 12.4. The van der Waals surface area contributed by atoms with Crippen molar-refractivity contribution >= 4 is 0 Å². The number of nitrogens with one attached hydrogen (secondary N) is 1. The quantitative estimate of drug-likeness (QED) is 0.822. The van der Waals surface area contributed by atoms with Crippen LogP contribution in [-0.4, -0.2) is 6.04 Å². The Hall–Kier alpha value is -1.02. The zero-order chi connectivity index (χ0) is 13.6. The topological polar surface area (TPSA) is 25.2 Å². The number of hydrogen-bond acceptors (Lipinski definition) is 2. The highest BCUT2D eigenvalue weighted by atomic mass is 16.3. The summed E-state index contributed by atoms with van der Waals surface area (Å²) in [6.07, 6.45) is 7.61. The number of hydrogen-bond donors (Lipinski definition) is 1. The lowest BCUT2D eigenvalue weighted by Crippen LogP contribution is -2.37. The van der Waals surface area contributed by atoms with Gasteiger partial charge in [0, 0.05) is 17.6 Å². The maximum atomic E-state index is 5.64. The predicted octanol–water partition coefficient (Wildman–Crippen LogP) is 4.15. The molecule has 0 spiro atoms. The summed E-state index contributed by atoms with van der Waals surface area (Å²) in [6.45, 7) is 8.67. The van der Waals surface area contributed by atoms with Crippen LogP contribution in [0.2, 0.25) is 0 Å². The first kappa shape index (κ1) is 13.0. The van der Waals surface area contributed by atoms with E-state index in [0.29, 0.717) is 12.1 Å². The lowest BCUT2D eigenvalue weighted by Gasteiger charge is -2.29. The van der Waals surface area contributed by atoms with Crippen molar-refractivity contribution in [2.75, 3.05) is 0 Å². The molecule has 19 heavy (non-hydrogen) atoms. The zero-order valence-corrected chi connectivity index (χ0v) is 12.4. The van der Waals surface area contributed by atoms with E-state index in [2.05, 4.69) is 44.3 Å². The summed E-state index contributed by atoms with van der Waals surface area (Å²) in [5.74, 6) is 4.54. The summed E-state index contributed by atoms with van der Waals surface area (Å²) in [5, 5.41) is 3.78. The first-order chi connectivity index (χ1) is 9.04. The van der Waals surface area contributed by atoms with E-state index in [1.807, 2.05) is 6.92 Å². The SMILES string of the molecule is Cc1cc(C(C)NC(C)C2CC3C=CC2C3)c(C)o1. The van der Waals surface area contributed by atoms with Gasteiger partial charge in [0.25, 0.3) is 0 Å². The van der Waals surface area contributed by atoms with Gasteiger partial charge in [0.15, 0.2) is 0 Å². The van der Waals surface area contributed by atoms with Gasteiger partial charge in [-0.2, -0.15) is 0 Å². The third kappa shape index (κ3) is 2.38. The van der Waals surface area contributed by atoms with E-state index in [9.17, 15) is 0 Å². The summed E-state index contributed by atoms with van der Waals surface area (Å²) in [7, 11) is 0. The fourth-order valence-corrected chi connectivity index (χ4v) is 4.09. The number of allylic oxidation sites excluding steroid dienone is 2. The van der Waals surface area contributed by atoms with Gasteiger partial charge >= 0.3 is 0 Å². The van der Waals surface area contributed by atoms with Crippen LogP contribution in [0.4, 0.5) is 0 Å². The van der Waals surface area contributed by atoms with Gasteiger partial charge in [0.1, 0.15) is 11.5 Å². The molecule has 5 unspecified atom stereocenters. The van der Waals surface area contributed by atoms with Gasteiger partial charge in [-0.1, -0.05) is 12.2 Å². The summed E-state index contributed by atoms with van der Waals surface area (Å²) < 4.78 is 5.64. The second kappa shape index (κ2) is 4.82. The minimum Gasteiger partial charge on any atom is -0.466 e. The standard InChI is InChI=1S/C17H25NO/c1-10-7-16(13(4)19-10)11(2)18-12(3)17-9-14-5-6-15(17)8-14/h5-7,11-12,14-15,17-18H,8-9H2,1-4H3. The van der Waals surface area contributed by atoms with Crippen molar-refractivity contribution in [1.29, 1.82) is 0 Å². The molecular weight excluding hydrogens is 234 g/mol. The Morgan fingerprint density at radius 1 is 1.21 bits per heavy atom. The van der Waals surface area contributed by atoms with Crippen molar-refractivity contribution in [1.82, 2.24) is 5.32 Å². The van der Waals surface area contributed by atoms with Gasteiger partial charge in [0.05, 0.1) is 0 Å². The van der Waals surface area contributed by atoms with Crippen molar-refractivity contribution in [2.24, 2.45) is 17.8 Å². The molecule has 2 nitrogen and oxygen atoms in total. The molecule has 1 aromatic heterocycles. The molecule has 2 heteroatoms. The fraction of sp³-hybridized carbons (Fsp3) is 0.647. The van der Waals surface area contributed by atoms with Gasteiger partial charge in [-0.25, -0.2) is 0 Å². The molecule has 0 aliphatic heterocycles. The van der Waals surface area contributed by atoms with Gasteiger partial charge in [-0.05, 0) is 64.4 Å². The first-order valence-electron chi connectivity index (χ1n) is 7.56. The van der Waals surface area contributed by atoms with E-state index in [4.69, 9.17) is 4.42 Å². The largest absolute Gasteiger partial charge is 0.466 e. The first-order valence-corrected chi connectivity index (χ1v) is 7.56. The average molecular weight is 259 g/mol. The van der Waals surface area contributed by atoms with Crippen LogP contribution in [0.1, 0.15) is 49.8 Å². The molecule has 0 radical (unpaired) electrons. The van der Waals surface area contributed by atoms with Gasteiger partial charge in [0.2, 0.25) is 0 Å². The molecule has 2 bridgehead atoms. The molecule has 1 fully saturated rings. The van der Waals surface area contributed by atoms with E-state index < -0.39 is 0 Å². The van der Waals surface area contributed by atoms with E-state index >= 15 is 0 Å². The fourth-order valence-electron chi connectivity index (χ4n) is 4.09. The highest BCUT2D eigenvalue weighted by Crippen LogP contribution is 2.45. The normalized spacial score (nSPS) is 31.9. The minimum absolute atomic E-state index is 0.371. The molecule has 1 aromatic rings. The van der Waals surface area contributed by atoms with E-state index in [1.54, 1.807) is 0 Å². The highest BCUT2D eigenvalue weighted by molar-refractivity contribution is 5.23. The summed E-state index contributed by atoms with van der Waals surface area (Å²) in [4.78, 5) is 0. The van der Waals surface area contributed by atoms with Crippen LogP contribution in [0, 0.1) is 31.6 Å². The third-order valence-electron chi connectivity index (χ3n) is 5.03. The van der Waals surface area contributed by atoms with Crippen molar-refractivity contribution < 1.29 is 4.42 Å². The Bertz CT molecular complexity index is 487. The molecule has 0 saturated heterocycles. The average Bonchev–Trinajstić information content (AvgIpc) is 3.03. The van der Waals surface area contributed by atoms with E-state index in [1.165, 1.54) is 18.4 Å². The minimum atomic E-state index is 0.371. The van der Waals surface area contributed by atoms with Crippen LogP contribution in [0.3, 0.4) is 0 Å². The number of aryl methyl sites for hydroxylation is 2. The van der Waals surface area contributed by atoms with Crippen LogP contribution >= 0.6 is 0 Å². The van der Waals surface area contributed by atoms with Crippen LogP contribution in [-0.2, 0) is 0 Å². The number of rotatable bonds is 4. The van der Waals surface area contributed by atoms with Crippen LogP contribution in [0.15, 0.2) is 22.6 Å². The molecule has 0 aromatic carbocycles. The Kier molecular flexibility index (Phi) is 3.30. The maximum absolute atomic E-state index is 5.64. The molecule has 2 aliphatic rings. The van der Waals surface area contributed by atoms with Crippen molar-refractivity contribution in [3.8, 4) is 0 Å². The second-order valence-corrected chi connectivity index (χ2v) is 6.49. The van der Waals surface area contributed by atoms with Crippen molar-refractivity contribution in [2.45, 2.75) is 52.6 Å². The molecule has 104 valence electrons. The molecule has 0 amide bonds. The number of fused-ring (bicyclic) bond motifs is 2. The summed E-state index contributed by atoms with van der Waals surface area (Å²) in [6, 6.07) is 3.11. The molecule has 2 aliphatic carbocycles. The highest BCUT2D eigenvalue weighted by Gasteiger charge is 2.38. The lowest BCUT2D eigenvalue weighted by molar-refractivity contribution is 0.306. The third-order valence-corrected chi connectivity index (χ3v) is 5.03. The molecule has 1 saturated carbocycles. The maximum Gasteiger partial charge on any atom is 0.105 e. The number of furan rings is 1. The van der Waals surface area contributed by atoms with Crippen LogP contribution in [0.5, 0.6) is 0 Å². The molecule has 5 atom stereocenters. The predicted molar refractivity (Wildman–Crippen MR) is 78.0 cm³/mol. The van der Waals surface area contributed by atoms with Crippen molar-refractivity contribution in [3.05, 3.63) is 35.3 Å². The van der Waals surface area contributed by atoms with Crippen molar-refractivity contribution in [3.63, 3.8) is 0 Å². The van der Waals surface area contributed by atoms with Gasteiger partial charge in [-0.3, -0.25) is 0 Å². The van der Waals surface area contributed by atoms with E-state index in [0.717, 1.165) is 29.3 Å². The smallest absolute Gasteiger partial charge is 0.105 e. The molecule has 1 N–H and O–H groups in total. The van der Waals surface area contributed by atoms with Gasteiger partial charge in [-0.15, -0.1) is 0 Å². The second-order valence-electron chi connectivity index (χ2n) is 6.49. The van der Waals surface area contributed by atoms with E-state index in [-0.39, 0.29) is 0 Å². The molecule has 1 heterocycles. The summed E-state index contributed by atoms with van der Waals surface area (Å²) in [5.41, 5.74) is 1.31. The molecular formula is C17H25NO. The van der Waals surface area contributed by atoms with Gasteiger partial charge < -0.3 is 9.73 Å². The lowest BCUT2D eigenvalue weighted by atomic mass is 9.87. The van der Waals surface area contributed by atoms with Crippen LogP contribution < -0.4 is 5.32 Å². The summed E-state index contributed by atoms with van der Waals surface area (Å²) >= 11 is 0. The Balaban J connectivity index is 1.65. The Morgan fingerprint density at radius 3 is 2.53 bits per heavy atom. The Morgan fingerprint density at radius 2 is 2.00 bits per heavy atom. The monoisotopic (exact) mass is 259 g/mol. The Labute approximate surface area is 116 Å². The van der Waals surface area contributed by atoms with Crippen LogP contribution in [0.25, 0.3) is 0 Å².